The van der Waals surface area contributed by atoms with Gasteiger partial charge in [0.1, 0.15) is 5.56 Å². The average molecular weight is 221 g/mol. The summed E-state index contributed by atoms with van der Waals surface area (Å²) in [4.78, 5) is 10.9. The molecule has 1 fully saturated rings. The summed E-state index contributed by atoms with van der Waals surface area (Å²) in [5.41, 5.74) is 6.22. The molecule has 1 aromatic rings. The van der Waals surface area contributed by atoms with Gasteiger partial charge in [0.2, 0.25) is 0 Å². The van der Waals surface area contributed by atoms with Gasteiger partial charge in [-0.1, -0.05) is 18.9 Å². The Bertz CT molecular complexity index is 399. The molecule has 1 saturated carbocycles. The molecule has 3 N–H and O–H groups in total. The largest absolute Gasteiger partial charge is 0.491 e. The maximum absolute atomic E-state index is 10.9. The molecule has 1 aliphatic rings. The quantitative estimate of drug-likeness (QED) is 0.747. The van der Waals surface area contributed by atoms with Crippen LogP contribution in [0.3, 0.4) is 0 Å². The van der Waals surface area contributed by atoms with Crippen molar-refractivity contribution in [2.45, 2.75) is 19.3 Å². The molecular formula is C12H15NO3. The normalized spacial score (nSPS) is 14.8. The second-order valence-electron chi connectivity index (χ2n) is 4.11. The van der Waals surface area contributed by atoms with E-state index in [0.29, 0.717) is 18.0 Å². The lowest BCUT2D eigenvalue weighted by Crippen LogP contribution is -2.07. The Balaban J connectivity index is 2.06. The Morgan fingerprint density at radius 3 is 2.88 bits per heavy atom. The Labute approximate surface area is 94.0 Å². The fourth-order valence-electron chi connectivity index (χ4n) is 1.62. The standard InChI is InChI=1S/C12H15NO3/c13-10-3-1-2-9(12(14)15)11(10)16-7-6-8-4-5-8/h1-3,8H,4-7,13H2,(H,14,15). The molecule has 4 nitrogen and oxygen atoms in total. The second kappa shape index (κ2) is 4.43. The molecule has 0 aliphatic heterocycles. The number of hydrogen-bond donors (Lipinski definition) is 2. The molecule has 0 aromatic heterocycles. The Morgan fingerprint density at radius 2 is 2.25 bits per heavy atom. The molecule has 86 valence electrons. The van der Waals surface area contributed by atoms with E-state index in [0.717, 1.165) is 12.3 Å². The van der Waals surface area contributed by atoms with Crippen LogP contribution in [0.4, 0.5) is 5.69 Å². The predicted octanol–water partition coefficient (Wildman–Crippen LogP) is 2.15. The summed E-state index contributed by atoms with van der Waals surface area (Å²) in [6.45, 7) is 0.541. The van der Waals surface area contributed by atoms with Crippen LogP contribution in [-0.4, -0.2) is 17.7 Å². The lowest BCUT2D eigenvalue weighted by molar-refractivity contribution is 0.0692. The fraction of sp³-hybridized carbons (Fsp3) is 0.417. The zero-order chi connectivity index (χ0) is 11.5. The van der Waals surface area contributed by atoms with Crippen LogP contribution in [0.5, 0.6) is 5.75 Å². The third-order valence-corrected chi connectivity index (χ3v) is 2.75. The number of ether oxygens (including phenoxy) is 1. The highest BCUT2D eigenvalue weighted by Crippen LogP contribution is 2.33. The zero-order valence-electron chi connectivity index (χ0n) is 8.98. The number of carbonyl (C=O) groups is 1. The lowest BCUT2D eigenvalue weighted by Gasteiger charge is -2.11. The van der Waals surface area contributed by atoms with Gasteiger partial charge < -0.3 is 15.6 Å². The maximum Gasteiger partial charge on any atom is 0.339 e. The number of carboxylic acids is 1. The fourth-order valence-corrected chi connectivity index (χ4v) is 1.62. The van der Waals surface area contributed by atoms with Crippen molar-refractivity contribution in [3.8, 4) is 5.75 Å². The molecule has 0 spiro atoms. The van der Waals surface area contributed by atoms with Gasteiger partial charge in [0.25, 0.3) is 0 Å². The summed E-state index contributed by atoms with van der Waals surface area (Å²) in [6, 6.07) is 4.77. The predicted molar refractivity (Wildman–Crippen MR) is 60.6 cm³/mol. The van der Waals surface area contributed by atoms with Gasteiger partial charge in [-0.2, -0.15) is 0 Å². The molecule has 0 radical (unpaired) electrons. The number of nitrogen functional groups attached to an aromatic ring is 1. The van der Waals surface area contributed by atoms with Gasteiger partial charge in [0.15, 0.2) is 5.75 Å². The van der Waals surface area contributed by atoms with Gasteiger partial charge in [-0.25, -0.2) is 4.79 Å². The van der Waals surface area contributed by atoms with Crippen molar-refractivity contribution >= 4 is 11.7 Å². The van der Waals surface area contributed by atoms with Crippen molar-refractivity contribution in [3.63, 3.8) is 0 Å². The summed E-state index contributed by atoms with van der Waals surface area (Å²) < 4.78 is 5.47. The minimum Gasteiger partial charge on any atom is -0.491 e. The van der Waals surface area contributed by atoms with Gasteiger partial charge in [0.05, 0.1) is 12.3 Å². The van der Waals surface area contributed by atoms with E-state index in [-0.39, 0.29) is 5.56 Å². The Kier molecular flexibility index (Phi) is 2.99. The van der Waals surface area contributed by atoms with Gasteiger partial charge in [-0.15, -0.1) is 0 Å². The summed E-state index contributed by atoms with van der Waals surface area (Å²) in [6.07, 6.45) is 3.51. The molecule has 0 atom stereocenters. The first-order chi connectivity index (χ1) is 7.68. The molecule has 0 heterocycles. The molecule has 16 heavy (non-hydrogen) atoms. The third kappa shape index (κ3) is 2.45. The molecule has 0 saturated heterocycles. The molecule has 0 bridgehead atoms. The van der Waals surface area contributed by atoms with E-state index in [1.54, 1.807) is 12.1 Å². The topological polar surface area (TPSA) is 72.6 Å². The molecule has 0 amide bonds. The monoisotopic (exact) mass is 221 g/mol. The summed E-state index contributed by atoms with van der Waals surface area (Å²) in [7, 11) is 0. The van der Waals surface area contributed by atoms with Crippen molar-refractivity contribution < 1.29 is 14.6 Å². The van der Waals surface area contributed by atoms with Crippen molar-refractivity contribution in [2.75, 3.05) is 12.3 Å². The highest BCUT2D eigenvalue weighted by atomic mass is 16.5. The maximum atomic E-state index is 10.9. The summed E-state index contributed by atoms with van der Waals surface area (Å²) >= 11 is 0. The van der Waals surface area contributed by atoms with E-state index >= 15 is 0 Å². The number of anilines is 1. The lowest BCUT2D eigenvalue weighted by atomic mass is 10.2. The van der Waals surface area contributed by atoms with Gasteiger partial charge >= 0.3 is 5.97 Å². The van der Waals surface area contributed by atoms with Gasteiger partial charge in [-0.3, -0.25) is 0 Å². The molecule has 1 aromatic carbocycles. The zero-order valence-corrected chi connectivity index (χ0v) is 8.98. The van der Waals surface area contributed by atoms with Crippen LogP contribution in [0.1, 0.15) is 29.6 Å². The number of nitrogens with two attached hydrogens (primary N) is 1. The first kappa shape index (κ1) is 10.8. The molecule has 1 aliphatic carbocycles. The minimum atomic E-state index is -1.01. The first-order valence-corrected chi connectivity index (χ1v) is 5.43. The van der Waals surface area contributed by atoms with Crippen LogP contribution in [-0.2, 0) is 0 Å². The molecular weight excluding hydrogens is 206 g/mol. The molecule has 4 heteroatoms. The van der Waals surface area contributed by atoms with Crippen molar-refractivity contribution in [2.24, 2.45) is 5.92 Å². The number of hydrogen-bond acceptors (Lipinski definition) is 3. The average Bonchev–Trinajstić information content (AvgIpc) is 3.04. The van der Waals surface area contributed by atoms with Crippen LogP contribution in [0.2, 0.25) is 0 Å². The van der Waals surface area contributed by atoms with E-state index < -0.39 is 5.97 Å². The van der Waals surface area contributed by atoms with Crippen LogP contribution in [0, 0.1) is 5.92 Å². The van der Waals surface area contributed by atoms with Crippen LogP contribution in [0.15, 0.2) is 18.2 Å². The van der Waals surface area contributed by atoms with E-state index in [1.165, 1.54) is 18.9 Å². The number of rotatable bonds is 5. The van der Waals surface area contributed by atoms with Crippen molar-refractivity contribution in [1.82, 2.24) is 0 Å². The van der Waals surface area contributed by atoms with E-state index in [9.17, 15) is 4.79 Å². The van der Waals surface area contributed by atoms with E-state index in [1.807, 2.05) is 0 Å². The van der Waals surface area contributed by atoms with Crippen LogP contribution >= 0.6 is 0 Å². The van der Waals surface area contributed by atoms with Gasteiger partial charge in [0, 0.05) is 0 Å². The number of carboxylic acid groups (broad SMARTS) is 1. The van der Waals surface area contributed by atoms with Gasteiger partial charge in [-0.05, 0) is 24.5 Å². The highest BCUT2D eigenvalue weighted by Gasteiger charge is 2.21. The minimum absolute atomic E-state index is 0.135. The first-order valence-electron chi connectivity index (χ1n) is 5.43. The smallest absolute Gasteiger partial charge is 0.339 e. The van der Waals surface area contributed by atoms with E-state index in [2.05, 4.69) is 0 Å². The van der Waals surface area contributed by atoms with Crippen LogP contribution < -0.4 is 10.5 Å². The molecule has 0 unspecified atom stereocenters. The summed E-state index contributed by atoms with van der Waals surface area (Å²) in [5.74, 6) is 0.0580. The Morgan fingerprint density at radius 1 is 1.50 bits per heavy atom. The number of aromatic carboxylic acids is 1. The van der Waals surface area contributed by atoms with Crippen LogP contribution in [0.25, 0.3) is 0 Å². The molecule has 2 rings (SSSR count). The van der Waals surface area contributed by atoms with Crippen molar-refractivity contribution in [3.05, 3.63) is 23.8 Å². The van der Waals surface area contributed by atoms with E-state index in [4.69, 9.17) is 15.6 Å². The Hall–Kier alpha value is -1.71. The number of benzene rings is 1. The third-order valence-electron chi connectivity index (χ3n) is 2.75. The summed E-state index contributed by atoms with van der Waals surface area (Å²) in [5, 5.41) is 8.98. The van der Waals surface area contributed by atoms with Crippen molar-refractivity contribution in [1.29, 1.82) is 0 Å². The number of para-hydroxylation sites is 1. The SMILES string of the molecule is Nc1cccc(C(=O)O)c1OCCC1CC1. The highest BCUT2D eigenvalue weighted by molar-refractivity contribution is 5.93. The second-order valence-corrected chi connectivity index (χ2v) is 4.11.